The third-order valence-corrected chi connectivity index (χ3v) is 3.33. The molecule has 1 heterocycles. The van der Waals surface area contributed by atoms with Crippen molar-refractivity contribution in [2.75, 3.05) is 5.32 Å². The third kappa shape index (κ3) is 5.69. The summed E-state index contributed by atoms with van der Waals surface area (Å²) in [6, 6.07) is 19.0. The van der Waals surface area contributed by atoms with Gasteiger partial charge in [-0.15, -0.1) is 24.0 Å². The van der Waals surface area contributed by atoms with E-state index in [1.165, 1.54) is 12.1 Å². The van der Waals surface area contributed by atoms with Crippen LogP contribution in [-0.4, -0.2) is 10.9 Å². The minimum absolute atomic E-state index is 0. The average Bonchev–Trinajstić information content (AvgIpc) is 2.62. The van der Waals surface area contributed by atoms with Crippen molar-refractivity contribution in [3.05, 3.63) is 84.3 Å². The van der Waals surface area contributed by atoms with Gasteiger partial charge in [-0.2, -0.15) is 0 Å². The number of para-hydroxylation sites is 1. The molecule has 7 heteroatoms. The predicted molar refractivity (Wildman–Crippen MR) is 112 cm³/mol. The van der Waals surface area contributed by atoms with E-state index in [4.69, 9.17) is 10.5 Å². The molecule has 1 aromatic heterocycles. The fourth-order valence-corrected chi connectivity index (χ4v) is 2.16. The highest BCUT2D eigenvalue weighted by molar-refractivity contribution is 14.0. The van der Waals surface area contributed by atoms with Gasteiger partial charge in [0.15, 0.2) is 5.96 Å². The average molecular weight is 464 g/mol. The van der Waals surface area contributed by atoms with Crippen LogP contribution in [0.3, 0.4) is 0 Å². The van der Waals surface area contributed by atoms with Crippen LogP contribution in [-0.2, 0) is 6.54 Å². The van der Waals surface area contributed by atoms with E-state index in [9.17, 15) is 4.39 Å². The minimum Gasteiger partial charge on any atom is -0.439 e. The topological polar surface area (TPSA) is 72.5 Å². The fourth-order valence-electron chi connectivity index (χ4n) is 2.16. The fraction of sp³-hybridized carbons (Fsp3) is 0.0526. The number of nitrogens with two attached hydrogens (primary N) is 1. The first kappa shape index (κ1) is 19.6. The number of hydrogen-bond acceptors (Lipinski definition) is 3. The first-order valence-electron chi connectivity index (χ1n) is 7.70. The monoisotopic (exact) mass is 464 g/mol. The summed E-state index contributed by atoms with van der Waals surface area (Å²) in [6.07, 6.45) is 1.60. The van der Waals surface area contributed by atoms with Crippen molar-refractivity contribution < 1.29 is 9.13 Å². The van der Waals surface area contributed by atoms with Crippen LogP contribution in [0, 0.1) is 5.82 Å². The normalized spacial score (nSPS) is 10.7. The summed E-state index contributed by atoms with van der Waals surface area (Å²) in [7, 11) is 0. The number of pyridine rings is 1. The molecule has 0 fully saturated rings. The third-order valence-electron chi connectivity index (χ3n) is 3.33. The standard InChI is InChI=1S/C19H17FN4O.HI/c20-15-7-4-10-17(12-15)25-18-14(6-5-11-22-18)13-23-19(21)24-16-8-2-1-3-9-16;/h1-12H,13H2,(H3,21,23,24);1H. The van der Waals surface area contributed by atoms with E-state index in [1.54, 1.807) is 24.4 Å². The molecule has 0 spiro atoms. The zero-order valence-corrected chi connectivity index (χ0v) is 16.1. The van der Waals surface area contributed by atoms with Gasteiger partial charge in [-0.25, -0.2) is 14.4 Å². The van der Waals surface area contributed by atoms with E-state index in [-0.39, 0.29) is 42.3 Å². The Morgan fingerprint density at radius 3 is 2.65 bits per heavy atom. The van der Waals surface area contributed by atoms with Gasteiger partial charge in [-0.3, -0.25) is 0 Å². The molecule has 0 bridgehead atoms. The van der Waals surface area contributed by atoms with Crippen molar-refractivity contribution in [2.24, 2.45) is 10.7 Å². The van der Waals surface area contributed by atoms with E-state index >= 15 is 0 Å². The summed E-state index contributed by atoms with van der Waals surface area (Å²) in [5, 5.41) is 3.01. The van der Waals surface area contributed by atoms with Gasteiger partial charge >= 0.3 is 0 Å². The number of aliphatic imine (C=N–C) groups is 1. The van der Waals surface area contributed by atoms with Gasteiger partial charge in [0.25, 0.3) is 0 Å². The van der Waals surface area contributed by atoms with Crippen molar-refractivity contribution in [3.63, 3.8) is 0 Å². The second-order valence-electron chi connectivity index (χ2n) is 5.22. The molecule has 0 aliphatic heterocycles. The lowest BCUT2D eigenvalue weighted by molar-refractivity contribution is 0.452. The first-order chi connectivity index (χ1) is 12.2. The number of benzene rings is 2. The summed E-state index contributed by atoms with van der Waals surface area (Å²) in [4.78, 5) is 8.49. The van der Waals surface area contributed by atoms with Crippen LogP contribution in [0.15, 0.2) is 77.9 Å². The molecule has 3 rings (SSSR count). The van der Waals surface area contributed by atoms with Crippen LogP contribution in [0.4, 0.5) is 10.1 Å². The molecule has 134 valence electrons. The molecular weight excluding hydrogens is 446 g/mol. The molecule has 0 aliphatic carbocycles. The highest BCUT2D eigenvalue weighted by atomic mass is 127. The van der Waals surface area contributed by atoms with Gasteiger partial charge in [0, 0.05) is 23.5 Å². The Morgan fingerprint density at radius 1 is 1.08 bits per heavy atom. The zero-order chi connectivity index (χ0) is 17.5. The van der Waals surface area contributed by atoms with Gasteiger partial charge < -0.3 is 15.8 Å². The molecule has 2 aromatic carbocycles. The van der Waals surface area contributed by atoms with E-state index < -0.39 is 0 Å². The molecule has 0 atom stereocenters. The second-order valence-corrected chi connectivity index (χ2v) is 5.22. The quantitative estimate of drug-likeness (QED) is 0.330. The summed E-state index contributed by atoms with van der Waals surface area (Å²) in [5.41, 5.74) is 7.50. The molecule has 0 aliphatic rings. The number of guanidine groups is 1. The van der Waals surface area contributed by atoms with Gasteiger partial charge in [-0.05, 0) is 30.3 Å². The second kappa shape index (κ2) is 9.71. The molecule has 26 heavy (non-hydrogen) atoms. The largest absolute Gasteiger partial charge is 0.439 e. The molecule has 0 unspecified atom stereocenters. The SMILES string of the molecule is I.NC(=NCc1cccnc1Oc1cccc(F)c1)Nc1ccccc1. The Hall–Kier alpha value is -2.68. The maximum absolute atomic E-state index is 13.3. The molecule has 3 aromatic rings. The van der Waals surface area contributed by atoms with Gasteiger partial charge in [0.1, 0.15) is 11.6 Å². The lowest BCUT2D eigenvalue weighted by Gasteiger charge is -2.09. The maximum Gasteiger partial charge on any atom is 0.224 e. The number of halogens is 2. The van der Waals surface area contributed by atoms with Crippen molar-refractivity contribution in [2.45, 2.75) is 6.54 Å². The summed E-state index contributed by atoms with van der Waals surface area (Å²) < 4.78 is 18.9. The number of aromatic nitrogens is 1. The van der Waals surface area contributed by atoms with E-state index in [0.29, 0.717) is 11.6 Å². The van der Waals surface area contributed by atoms with E-state index in [0.717, 1.165) is 11.3 Å². The van der Waals surface area contributed by atoms with Crippen molar-refractivity contribution >= 4 is 35.6 Å². The Balaban J connectivity index is 0.00000243. The maximum atomic E-state index is 13.3. The van der Waals surface area contributed by atoms with E-state index in [2.05, 4.69) is 15.3 Å². The summed E-state index contributed by atoms with van der Waals surface area (Å²) in [6.45, 7) is 0.282. The van der Waals surface area contributed by atoms with Gasteiger partial charge in [-0.1, -0.05) is 30.3 Å². The Kier molecular flexibility index (Phi) is 7.34. The van der Waals surface area contributed by atoms with Crippen LogP contribution in [0.5, 0.6) is 11.6 Å². The van der Waals surface area contributed by atoms with Crippen LogP contribution in [0.2, 0.25) is 0 Å². The van der Waals surface area contributed by atoms with Gasteiger partial charge in [0.05, 0.1) is 6.54 Å². The lowest BCUT2D eigenvalue weighted by atomic mass is 10.2. The van der Waals surface area contributed by atoms with Gasteiger partial charge in [0.2, 0.25) is 5.88 Å². The molecule has 0 saturated heterocycles. The Morgan fingerprint density at radius 2 is 1.88 bits per heavy atom. The highest BCUT2D eigenvalue weighted by Gasteiger charge is 2.07. The Labute approximate surface area is 168 Å². The molecule has 5 nitrogen and oxygen atoms in total. The van der Waals surface area contributed by atoms with Crippen LogP contribution >= 0.6 is 24.0 Å². The first-order valence-corrected chi connectivity index (χ1v) is 7.70. The zero-order valence-electron chi connectivity index (χ0n) is 13.8. The van der Waals surface area contributed by atoms with Crippen LogP contribution in [0.1, 0.15) is 5.56 Å². The van der Waals surface area contributed by atoms with Crippen molar-refractivity contribution in [1.82, 2.24) is 4.98 Å². The number of hydrogen-bond donors (Lipinski definition) is 2. The molecule has 0 saturated carbocycles. The lowest BCUT2D eigenvalue weighted by Crippen LogP contribution is -2.22. The summed E-state index contributed by atoms with van der Waals surface area (Å²) >= 11 is 0. The number of anilines is 1. The number of ether oxygens (including phenoxy) is 1. The minimum atomic E-state index is -0.371. The Bertz CT molecular complexity index is 874. The highest BCUT2D eigenvalue weighted by Crippen LogP contribution is 2.23. The molecule has 0 radical (unpaired) electrons. The van der Waals surface area contributed by atoms with E-state index in [1.807, 2.05) is 36.4 Å². The number of nitrogens with zero attached hydrogens (tertiary/aromatic N) is 2. The van der Waals surface area contributed by atoms with Crippen LogP contribution in [0.25, 0.3) is 0 Å². The van der Waals surface area contributed by atoms with Crippen LogP contribution < -0.4 is 15.8 Å². The smallest absolute Gasteiger partial charge is 0.224 e. The van der Waals surface area contributed by atoms with Crippen molar-refractivity contribution in [3.8, 4) is 11.6 Å². The van der Waals surface area contributed by atoms with Crippen molar-refractivity contribution in [1.29, 1.82) is 0 Å². The molecule has 3 N–H and O–H groups in total. The molecular formula is C19H18FIN4O. The predicted octanol–water partition coefficient (Wildman–Crippen LogP) is 4.56. The molecule has 0 amide bonds. The summed E-state index contributed by atoms with van der Waals surface area (Å²) in [5.74, 6) is 0.653. The number of nitrogens with one attached hydrogen (secondary N) is 1. The number of rotatable bonds is 5.